The topological polar surface area (TPSA) is 36.9 Å². The zero-order chi connectivity index (χ0) is 7.19. The minimum atomic E-state index is -1.55. The molecule has 2 saturated heterocycles. The minimum Gasteiger partial charge on any atom is -0.451 e. The third-order valence-corrected chi connectivity index (χ3v) is 0.990. The molecule has 2 rings (SSSR count). The summed E-state index contributed by atoms with van der Waals surface area (Å²) in [6.45, 7) is 3.26. The first-order valence-electron chi connectivity index (χ1n) is 2.43. The van der Waals surface area contributed by atoms with Crippen LogP contribution < -0.4 is 0 Å². The van der Waals surface area contributed by atoms with Crippen molar-refractivity contribution in [3.05, 3.63) is 24.8 Å². The molecule has 4 nitrogen and oxygen atoms in total. The summed E-state index contributed by atoms with van der Waals surface area (Å²) in [5, 5.41) is 0. The summed E-state index contributed by atoms with van der Waals surface area (Å²) in [6.07, 6.45) is -0.428. The summed E-state index contributed by atoms with van der Waals surface area (Å²) >= 11 is 0. The molecule has 0 unspecified atom stereocenters. The van der Waals surface area contributed by atoms with Gasteiger partial charge < -0.3 is 23.3 Å². The smallest absolute Gasteiger partial charge is 0.451 e. The molecule has 2 fully saturated rings. The van der Waals surface area contributed by atoms with Gasteiger partial charge in [0.25, 0.3) is 5.95 Å². The van der Waals surface area contributed by atoms with Crippen molar-refractivity contribution in [1.82, 2.24) is 0 Å². The van der Waals surface area contributed by atoms with Crippen molar-refractivity contribution >= 4 is 0 Å². The Kier molecular flexibility index (Phi) is 0.952. The van der Waals surface area contributed by atoms with Gasteiger partial charge in [-0.1, -0.05) is 0 Å². The molecule has 0 aliphatic carbocycles. The van der Waals surface area contributed by atoms with Gasteiger partial charge in [-0.05, 0) is 6.58 Å². The van der Waals surface area contributed by atoms with Gasteiger partial charge >= 0.3 is 6.16 Å². The standard InChI is InChI=1S/C5H2FO4.Rf/c1-3-7-5(8-3)9-4(2-6)10-5;/h1H2;/q-1;. The Morgan fingerprint density at radius 1 is 1.27 bits per heavy atom. The predicted octanol–water partition coefficient (Wildman–Crippen LogP) is 0.734. The molecule has 0 radical (unpaired) electrons. The molecule has 0 amide bonds. The molecule has 0 aromatic heterocycles. The van der Waals surface area contributed by atoms with Crippen LogP contribution in [0.25, 0.3) is 0 Å². The van der Waals surface area contributed by atoms with Crippen molar-refractivity contribution in [2.75, 3.05) is 0 Å². The Morgan fingerprint density at radius 3 is 2.18 bits per heavy atom. The molecule has 1 spiro atoms. The van der Waals surface area contributed by atoms with Crippen LogP contribution in [0.15, 0.2) is 18.5 Å². The Labute approximate surface area is 55.4 Å². The molecular weight excluding hydrogens is 410 g/mol. The van der Waals surface area contributed by atoms with Gasteiger partial charge in [0.15, 0.2) is 0 Å². The van der Waals surface area contributed by atoms with E-state index in [4.69, 9.17) is 0 Å². The van der Waals surface area contributed by atoms with Gasteiger partial charge in [0.2, 0.25) is 0 Å². The average molecular weight is 412 g/mol. The number of ether oxygens (including phenoxy) is 4. The summed E-state index contributed by atoms with van der Waals surface area (Å²) in [4.78, 5) is 0. The van der Waals surface area contributed by atoms with Crippen molar-refractivity contribution < 1.29 is 23.3 Å². The van der Waals surface area contributed by atoms with Crippen LogP contribution in [-0.4, -0.2) is 6.16 Å². The maximum Gasteiger partial charge on any atom is 0.615 e. The van der Waals surface area contributed by atoms with Crippen LogP contribution in [0, 0.1) is 6.33 Å². The summed E-state index contributed by atoms with van der Waals surface area (Å²) in [7, 11) is 0. The first-order chi connectivity index (χ1) is 4.74. The molecule has 2 aliphatic heterocycles. The van der Waals surface area contributed by atoms with Gasteiger partial charge in [0.05, 0.1) is 0 Å². The minimum absolute atomic E-state index is 0. The normalized spacial score (nSPS) is 22.3. The summed E-state index contributed by atoms with van der Waals surface area (Å²) in [6, 6.07) is 0. The van der Waals surface area contributed by atoms with Crippen molar-refractivity contribution in [2.24, 2.45) is 0 Å². The fraction of sp³-hybridized carbons (Fsp3) is 0.200. The molecular formula is C5H2FO4Rf-. The Balaban J connectivity index is 0.000000605. The maximum absolute atomic E-state index is 11.4. The quantitative estimate of drug-likeness (QED) is 0.551. The fourth-order valence-electron chi connectivity index (χ4n) is 0.643. The number of rotatable bonds is 0. The molecule has 2 heterocycles. The van der Waals surface area contributed by atoms with E-state index in [9.17, 15) is 4.39 Å². The van der Waals surface area contributed by atoms with E-state index in [0.717, 1.165) is 6.33 Å². The second-order valence-electron chi connectivity index (χ2n) is 1.66. The SMILES string of the molecule is C=C1OC2(O1)OC(=[C-]F)O2.[Rf]. The van der Waals surface area contributed by atoms with Gasteiger partial charge in [-0.3, -0.25) is 0 Å². The van der Waals surface area contributed by atoms with E-state index in [1.165, 1.54) is 0 Å². The zero-order valence-electron chi connectivity index (χ0n) is 5.43. The molecule has 0 bridgehead atoms. The van der Waals surface area contributed by atoms with Gasteiger partial charge in [-0.2, -0.15) is 0 Å². The van der Waals surface area contributed by atoms with Crippen molar-refractivity contribution in [3.63, 3.8) is 0 Å². The average Bonchev–Trinajstić information content (AvgIpc) is 1.74. The van der Waals surface area contributed by atoms with E-state index >= 15 is 0 Å². The molecule has 2 aliphatic rings. The second kappa shape index (κ2) is 1.56. The summed E-state index contributed by atoms with van der Waals surface area (Å²) in [5.74, 6) is -0.301. The summed E-state index contributed by atoms with van der Waals surface area (Å²) < 4.78 is 29.6. The molecule has 56 valence electrons. The molecule has 11 heavy (non-hydrogen) atoms. The van der Waals surface area contributed by atoms with Crippen molar-refractivity contribution in [1.29, 1.82) is 0 Å². The maximum atomic E-state index is 11.4. The second-order valence-corrected chi connectivity index (χ2v) is 1.66. The molecule has 0 atom stereocenters. The molecule has 0 aromatic rings. The van der Waals surface area contributed by atoms with E-state index in [0.29, 0.717) is 0 Å². The van der Waals surface area contributed by atoms with E-state index in [1.807, 2.05) is 0 Å². The monoisotopic (exact) mass is 412 g/mol. The van der Waals surface area contributed by atoms with Gasteiger partial charge in [-0.15, -0.1) is 0 Å². The van der Waals surface area contributed by atoms with Crippen LogP contribution in [0.5, 0.6) is 0 Å². The van der Waals surface area contributed by atoms with Crippen molar-refractivity contribution in [2.45, 2.75) is 6.16 Å². The Hall–Kier alpha value is -2.39. The van der Waals surface area contributed by atoms with E-state index in [2.05, 4.69) is 25.5 Å². The predicted molar refractivity (Wildman–Crippen MR) is 24.1 cm³/mol. The molecule has 0 aromatic carbocycles. The van der Waals surface area contributed by atoms with Crippen LogP contribution in [0.2, 0.25) is 0 Å². The number of hydrogen-bond acceptors (Lipinski definition) is 4. The first-order valence-corrected chi connectivity index (χ1v) is 2.43. The van der Waals surface area contributed by atoms with E-state index in [-0.39, 0.29) is 11.9 Å². The third-order valence-electron chi connectivity index (χ3n) is 0.990. The Bertz CT molecular complexity index is 209. The largest absolute Gasteiger partial charge is 0.615 e. The van der Waals surface area contributed by atoms with Crippen LogP contribution in [0.1, 0.15) is 0 Å². The first kappa shape index (κ1) is 6.73. The van der Waals surface area contributed by atoms with Gasteiger partial charge in [-0.25, -0.2) is 6.33 Å². The van der Waals surface area contributed by atoms with Gasteiger partial charge in [0.1, 0.15) is 5.95 Å². The fourth-order valence-corrected chi connectivity index (χ4v) is 0.643. The van der Waals surface area contributed by atoms with Crippen LogP contribution in [0.3, 0.4) is 0 Å². The number of hydrogen-bond donors (Lipinski definition) is 0. The van der Waals surface area contributed by atoms with E-state index in [1.54, 1.807) is 0 Å². The van der Waals surface area contributed by atoms with Crippen LogP contribution in [-0.2, 0) is 18.9 Å². The molecule has 0 N–H and O–H groups in total. The van der Waals surface area contributed by atoms with Crippen LogP contribution >= 0.6 is 0 Å². The zero-order valence-corrected chi connectivity index (χ0v) is 11.8. The van der Waals surface area contributed by atoms with Crippen molar-refractivity contribution in [3.8, 4) is 0 Å². The number of halogens is 1. The molecule has 6 heteroatoms. The van der Waals surface area contributed by atoms with Crippen LogP contribution in [0.4, 0.5) is 4.39 Å². The van der Waals surface area contributed by atoms with E-state index < -0.39 is 6.16 Å². The van der Waals surface area contributed by atoms with Gasteiger partial charge in [0, 0.05) is 0 Å². The Morgan fingerprint density at radius 2 is 1.82 bits per heavy atom. The third kappa shape index (κ3) is 0.623. The summed E-state index contributed by atoms with van der Waals surface area (Å²) in [5.41, 5.74) is 0. The molecule has 0 saturated carbocycles.